The second-order valence-corrected chi connectivity index (χ2v) is 18.7. The third kappa shape index (κ3) is 7.21. The number of fused-ring (bicyclic) bond motifs is 5. The molecule has 7 aromatic rings. The Morgan fingerprint density at radius 1 is 0.500 bits per heavy atom. The van der Waals surface area contributed by atoms with Crippen LogP contribution in [0.2, 0.25) is 0 Å². The Morgan fingerprint density at radius 2 is 1.03 bits per heavy atom. The fraction of sp³-hybridized carbons (Fsp3) is 0.123. The molecule has 0 atom stereocenters. The molecule has 60 heavy (non-hydrogen) atoms. The Labute approximate surface area is 363 Å². The van der Waals surface area contributed by atoms with Gasteiger partial charge in [-0.3, -0.25) is 0 Å². The Balaban J connectivity index is 0.922. The summed E-state index contributed by atoms with van der Waals surface area (Å²) in [5.41, 5.74) is 18.8. The van der Waals surface area contributed by atoms with E-state index in [-0.39, 0.29) is 5.41 Å². The van der Waals surface area contributed by atoms with Crippen LogP contribution in [0.5, 0.6) is 0 Å². The van der Waals surface area contributed by atoms with Gasteiger partial charge in [0, 0.05) is 42.1 Å². The number of allylic oxidation sites excluding steroid dienone is 8. The van der Waals surface area contributed by atoms with Gasteiger partial charge in [-0.2, -0.15) is 0 Å². The molecule has 1 heterocycles. The Bertz CT molecular complexity index is 2870. The van der Waals surface area contributed by atoms with Crippen LogP contribution in [-0.4, -0.2) is 0 Å². The van der Waals surface area contributed by atoms with Gasteiger partial charge in [0.1, 0.15) is 0 Å². The van der Waals surface area contributed by atoms with Gasteiger partial charge in [-0.1, -0.05) is 159 Å². The zero-order valence-corrected chi connectivity index (χ0v) is 36.2. The summed E-state index contributed by atoms with van der Waals surface area (Å²) in [6.45, 7) is 9.20. The lowest BCUT2D eigenvalue weighted by molar-refractivity contribution is 0.657. The Hall–Kier alpha value is -6.00. The zero-order chi connectivity index (χ0) is 40.8. The minimum Gasteiger partial charge on any atom is -0.311 e. The Morgan fingerprint density at radius 3 is 1.67 bits per heavy atom. The van der Waals surface area contributed by atoms with E-state index in [4.69, 9.17) is 0 Å². The molecule has 1 nitrogen and oxygen atoms in total. The van der Waals surface area contributed by atoms with Gasteiger partial charge >= 0.3 is 0 Å². The molecule has 10 rings (SSSR count). The maximum atomic E-state index is 2.46. The molecule has 0 amide bonds. The van der Waals surface area contributed by atoms with Gasteiger partial charge in [0.15, 0.2) is 0 Å². The van der Waals surface area contributed by atoms with Gasteiger partial charge < -0.3 is 4.90 Å². The normalized spacial score (nSPS) is 15.1. The van der Waals surface area contributed by atoms with Crippen molar-refractivity contribution in [3.8, 4) is 22.3 Å². The van der Waals surface area contributed by atoms with E-state index in [9.17, 15) is 0 Å². The van der Waals surface area contributed by atoms with E-state index in [2.05, 4.69) is 221 Å². The summed E-state index contributed by atoms with van der Waals surface area (Å²) >= 11 is 3.81. The van der Waals surface area contributed by atoms with Gasteiger partial charge in [0.25, 0.3) is 0 Å². The molecule has 0 spiro atoms. The number of nitrogens with zero attached hydrogens (tertiary/aromatic N) is 1. The van der Waals surface area contributed by atoms with E-state index in [1.807, 2.05) is 23.5 Å². The van der Waals surface area contributed by atoms with Crippen molar-refractivity contribution in [3.05, 3.63) is 216 Å². The van der Waals surface area contributed by atoms with Crippen LogP contribution in [0, 0.1) is 0 Å². The smallest absolute Gasteiger partial charge is 0.0462 e. The first-order valence-corrected chi connectivity index (χ1v) is 22.6. The third-order valence-corrected chi connectivity index (χ3v) is 14.9. The predicted molar refractivity (Wildman–Crippen MR) is 259 cm³/mol. The van der Waals surface area contributed by atoms with Gasteiger partial charge in [-0.25, -0.2) is 0 Å². The molecule has 3 heteroatoms. The summed E-state index contributed by atoms with van der Waals surface area (Å²) in [5.74, 6) is 0. The van der Waals surface area contributed by atoms with Gasteiger partial charge in [-0.15, -0.1) is 0 Å². The zero-order valence-electron chi connectivity index (χ0n) is 34.6. The van der Waals surface area contributed by atoms with E-state index >= 15 is 0 Å². The standard InChI is InChI=1S/C57H47NS2/c1-38(19-20-39(2)45-27-34-51-49(35-45)50-36-55-56(37-52(50)57(51,3)4)60-54-18-12-11-17-53(54)59-55)40-21-28-46(29-22-40)58(47-30-23-43(24-31-47)41-13-7-5-8-14-41)48-32-25-44(26-33-48)42-15-9-6-10-16-42/h5,7-9,11-37H,6,10H2,1-4H3/b38-19+,39-20+. The highest BCUT2D eigenvalue weighted by atomic mass is 32.2. The quantitative estimate of drug-likeness (QED) is 0.141. The number of benzene rings is 7. The molecule has 0 fully saturated rings. The maximum absolute atomic E-state index is 2.46. The van der Waals surface area contributed by atoms with E-state index in [0.717, 1.165) is 29.9 Å². The summed E-state index contributed by atoms with van der Waals surface area (Å²) in [4.78, 5) is 7.78. The molecule has 0 bridgehead atoms. The van der Waals surface area contributed by atoms with Crippen LogP contribution < -0.4 is 4.90 Å². The molecule has 0 unspecified atom stereocenters. The highest BCUT2D eigenvalue weighted by Gasteiger charge is 2.37. The van der Waals surface area contributed by atoms with E-state index in [1.54, 1.807) is 0 Å². The number of hydrogen-bond donors (Lipinski definition) is 0. The Kier molecular flexibility index (Phi) is 10.1. The summed E-state index contributed by atoms with van der Waals surface area (Å²) in [6, 6.07) is 58.3. The van der Waals surface area contributed by atoms with Crippen molar-refractivity contribution >= 4 is 57.3 Å². The summed E-state index contributed by atoms with van der Waals surface area (Å²) in [6.07, 6.45) is 13.6. The second-order valence-electron chi connectivity index (χ2n) is 16.6. The largest absolute Gasteiger partial charge is 0.311 e. The van der Waals surface area contributed by atoms with E-state index in [1.165, 1.54) is 86.4 Å². The average Bonchev–Trinajstić information content (AvgIpc) is 3.52. The minimum absolute atomic E-state index is 0.0459. The maximum Gasteiger partial charge on any atom is 0.0462 e. The SMILES string of the molecule is C/C(=C\C=C(/C)c1ccc2c(c1)-c1cc3c(cc1C2(C)C)Sc1ccccc1S3)c1ccc(N(c2ccc(C3=CCCC=C3)cc2)c2ccc(-c3ccccc3)cc2)cc1. The van der Waals surface area contributed by atoms with Crippen molar-refractivity contribution in [1.29, 1.82) is 0 Å². The number of rotatable bonds is 8. The van der Waals surface area contributed by atoms with Gasteiger partial charge in [0.2, 0.25) is 0 Å². The molecule has 0 N–H and O–H groups in total. The molecule has 292 valence electrons. The van der Waals surface area contributed by atoms with Crippen LogP contribution in [0.1, 0.15) is 68.4 Å². The molecule has 0 aromatic heterocycles. The number of anilines is 3. The number of hydrogen-bond acceptors (Lipinski definition) is 3. The van der Waals surface area contributed by atoms with Crippen LogP contribution in [0.15, 0.2) is 208 Å². The van der Waals surface area contributed by atoms with Crippen molar-refractivity contribution < 1.29 is 0 Å². The van der Waals surface area contributed by atoms with E-state index < -0.39 is 0 Å². The first-order valence-electron chi connectivity index (χ1n) is 21.0. The highest BCUT2D eigenvalue weighted by Crippen LogP contribution is 2.56. The fourth-order valence-corrected chi connectivity index (χ4v) is 11.1. The fourth-order valence-electron chi connectivity index (χ4n) is 8.84. The molecule has 0 saturated heterocycles. The molecule has 7 aromatic carbocycles. The molecular formula is C57H47NS2. The van der Waals surface area contributed by atoms with Crippen molar-refractivity contribution in [2.45, 2.75) is 65.5 Å². The first kappa shape index (κ1) is 38.2. The third-order valence-electron chi connectivity index (χ3n) is 12.3. The van der Waals surface area contributed by atoms with E-state index in [0.29, 0.717) is 0 Å². The van der Waals surface area contributed by atoms with Crippen LogP contribution in [-0.2, 0) is 5.41 Å². The average molecular weight is 810 g/mol. The topological polar surface area (TPSA) is 3.24 Å². The summed E-state index contributed by atoms with van der Waals surface area (Å²) < 4.78 is 0. The highest BCUT2D eigenvalue weighted by molar-refractivity contribution is 8.05. The van der Waals surface area contributed by atoms with Gasteiger partial charge in [-0.05, 0) is 160 Å². The molecule has 0 radical (unpaired) electrons. The van der Waals surface area contributed by atoms with Crippen molar-refractivity contribution in [2.75, 3.05) is 4.90 Å². The lowest BCUT2D eigenvalue weighted by Crippen LogP contribution is -2.15. The monoisotopic (exact) mass is 809 g/mol. The lowest BCUT2D eigenvalue weighted by Gasteiger charge is -2.26. The molecule has 1 aliphatic heterocycles. The first-order chi connectivity index (χ1) is 29.3. The van der Waals surface area contributed by atoms with Gasteiger partial charge in [0.05, 0.1) is 0 Å². The molecule has 3 aliphatic rings. The second kappa shape index (κ2) is 15.9. The molecule has 0 saturated carbocycles. The van der Waals surface area contributed by atoms with Crippen LogP contribution >= 0.6 is 23.5 Å². The summed E-state index contributed by atoms with van der Waals surface area (Å²) in [7, 11) is 0. The predicted octanol–water partition coefficient (Wildman–Crippen LogP) is 17.0. The molecule has 2 aliphatic carbocycles. The van der Waals surface area contributed by atoms with Crippen LogP contribution in [0.25, 0.3) is 39.0 Å². The van der Waals surface area contributed by atoms with Crippen molar-refractivity contribution in [1.82, 2.24) is 0 Å². The van der Waals surface area contributed by atoms with Crippen LogP contribution in [0.4, 0.5) is 17.1 Å². The minimum atomic E-state index is -0.0459. The van der Waals surface area contributed by atoms with Crippen molar-refractivity contribution in [2.24, 2.45) is 0 Å². The molecular weight excluding hydrogens is 763 g/mol. The van der Waals surface area contributed by atoms with Crippen LogP contribution in [0.3, 0.4) is 0 Å². The lowest BCUT2D eigenvalue weighted by atomic mass is 9.82. The van der Waals surface area contributed by atoms with Crippen molar-refractivity contribution in [3.63, 3.8) is 0 Å². The summed E-state index contributed by atoms with van der Waals surface area (Å²) in [5, 5.41) is 0.